The number of hydrogen-bond donors (Lipinski definition) is 2. The van der Waals surface area contributed by atoms with Crippen LogP contribution in [-0.4, -0.2) is 35.8 Å². The molecular weight excluding hydrogens is 492 g/mol. The number of fused-ring (bicyclic) bond motifs is 1. The number of nitro groups is 1. The highest BCUT2D eigenvalue weighted by atomic mass is 16.7. The number of carbonyl (C=O) groups excluding carboxylic acids is 2. The Balaban J connectivity index is 1.38. The summed E-state index contributed by atoms with van der Waals surface area (Å²) in [6.07, 6.45) is 1.28. The van der Waals surface area contributed by atoms with Crippen LogP contribution in [0.2, 0.25) is 0 Å². The van der Waals surface area contributed by atoms with E-state index in [0.29, 0.717) is 22.6 Å². The molecule has 196 valence electrons. The fourth-order valence-corrected chi connectivity index (χ4v) is 3.65. The summed E-state index contributed by atoms with van der Waals surface area (Å²) in [5.74, 6) is -0.120. The van der Waals surface area contributed by atoms with Crippen molar-refractivity contribution in [3.63, 3.8) is 0 Å². The topological polar surface area (TPSA) is 141 Å². The maximum Gasteiger partial charge on any atom is 0.311 e. The lowest BCUT2D eigenvalue weighted by Crippen LogP contribution is -2.48. The van der Waals surface area contributed by atoms with Gasteiger partial charge in [0.1, 0.15) is 12.6 Å². The molecule has 3 aromatic rings. The Morgan fingerprint density at radius 2 is 1.84 bits per heavy atom. The van der Waals surface area contributed by atoms with Crippen LogP contribution in [0.25, 0.3) is 0 Å². The zero-order chi connectivity index (χ0) is 27.1. The van der Waals surface area contributed by atoms with Gasteiger partial charge in [0, 0.05) is 17.2 Å². The highest BCUT2D eigenvalue weighted by molar-refractivity contribution is 5.98. The molecule has 0 saturated carbocycles. The molecule has 38 heavy (non-hydrogen) atoms. The predicted octanol–water partition coefficient (Wildman–Crippen LogP) is 3.81. The molecular formula is C27H26N4O7. The van der Waals surface area contributed by atoms with Crippen molar-refractivity contribution >= 4 is 23.7 Å². The molecule has 0 aromatic heterocycles. The van der Waals surface area contributed by atoms with Crippen molar-refractivity contribution in [1.29, 1.82) is 0 Å². The third-order valence-corrected chi connectivity index (χ3v) is 5.68. The molecule has 4 rings (SSSR count). The molecule has 0 bridgehead atoms. The highest BCUT2D eigenvalue weighted by Gasteiger charge is 2.25. The minimum absolute atomic E-state index is 0.0853. The molecule has 0 aliphatic carbocycles. The summed E-state index contributed by atoms with van der Waals surface area (Å²) in [5, 5.41) is 18.2. The molecule has 0 fully saturated rings. The van der Waals surface area contributed by atoms with Crippen molar-refractivity contribution in [2.45, 2.75) is 26.5 Å². The van der Waals surface area contributed by atoms with E-state index in [2.05, 4.69) is 15.8 Å². The third-order valence-electron chi connectivity index (χ3n) is 5.68. The molecule has 1 atom stereocenters. The number of ether oxygens (including phenoxy) is 3. The molecule has 0 radical (unpaired) electrons. The zero-order valence-corrected chi connectivity index (χ0v) is 20.7. The van der Waals surface area contributed by atoms with Crippen LogP contribution in [0.1, 0.15) is 35.3 Å². The molecule has 1 aliphatic heterocycles. The summed E-state index contributed by atoms with van der Waals surface area (Å²) >= 11 is 0. The fraction of sp³-hybridized carbons (Fsp3) is 0.222. The maximum absolute atomic E-state index is 12.8. The predicted molar refractivity (Wildman–Crippen MR) is 138 cm³/mol. The fourth-order valence-electron chi connectivity index (χ4n) is 3.65. The van der Waals surface area contributed by atoms with Crippen LogP contribution in [0.4, 0.5) is 5.69 Å². The van der Waals surface area contributed by atoms with E-state index < -0.39 is 22.8 Å². The van der Waals surface area contributed by atoms with Crippen LogP contribution in [0.3, 0.4) is 0 Å². The Hall–Kier alpha value is -4.93. The van der Waals surface area contributed by atoms with E-state index in [0.717, 1.165) is 5.56 Å². The van der Waals surface area contributed by atoms with E-state index in [-0.39, 0.29) is 30.8 Å². The van der Waals surface area contributed by atoms with Crippen LogP contribution >= 0.6 is 0 Å². The average Bonchev–Trinajstić information content (AvgIpc) is 3.39. The monoisotopic (exact) mass is 518 g/mol. The largest absolute Gasteiger partial charge is 0.482 e. The van der Waals surface area contributed by atoms with Crippen molar-refractivity contribution in [1.82, 2.24) is 10.7 Å². The summed E-state index contributed by atoms with van der Waals surface area (Å²) in [5.41, 5.74) is 3.74. The van der Waals surface area contributed by atoms with Crippen molar-refractivity contribution in [2.24, 2.45) is 11.0 Å². The highest BCUT2D eigenvalue weighted by Crippen LogP contribution is 2.32. The molecule has 1 aliphatic rings. The van der Waals surface area contributed by atoms with Gasteiger partial charge in [-0.05, 0) is 41.8 Å². The van der Waals surface area contributed by atoms with E-state index in [1.54, 1.807) is 38.1 Å². The van der Waals surface area contributed by atoms with Gasteiger partial charge in [0.25, 0.3) is 11.8 Å². The number of benzene rings is 3. The van der Waals surface area contributed by atoms with E-state index in [4.69, 9.17) is 14.2 Å². The van der Waals surface area contributed by atoms with Crippen LogP contribution in [0, 0.1) is 16.0 Å². The zero-order valence-electron chi connectivity index (χ0n) is 20.7. The molecule has 11 heteroatoms. The summed E-state index contributed by atoms with van der Waals surface area (Å²) in [7, 11) is 0. The first-order valence-electron chi connectivity index (χ1n) is 11.8. The summed E-state index contributed by atoms with van der Waals surface area (Å²) < 4.78 is 16.2. The van der Waals surface area contributed by atoms with E-state index in [1.165, 1.54) is 18.3 Å². The van der Waals surface area contributed by atoms with Crippen LogP contribution in [-0.2, 0) is 11.4 Å². The van der Waals surface area contributed by atoms with Crippen molar-refractivity contribution in [3.8, 4) is 17.2 Å². The Morgan fingerprint density at radius 1 is 1.08 bits per heavy atom. The SMILES string of the molecule is CC(C)[C@@H](NC(=O)c1ccc2c(c1)OCO2)C(=O)N/N=C\c1ccc(OCc2ccccc2)c([N+](=O)[O-])c1. The second-order valence-corrected chi connectivity index (χ2v) is 8.76. The van der Waals surface area contributed by atoms with Crippen LogP contribution < -0.4 is 25.0 Å². The first-order valence-corrected chi connectivity index (χ1v) is 11.8. The summed E-state index contributed by atoms with van der Waals surface area (Å²) in [6, 6.07) is 17.5. The van der Waals surface area contributed by atoms with Gasteiger partial charge in [-0.25, -0.2) is 5.43 Å². The summed E-state index contributed by atoms with van der Waals surface area (Å²) in [4.78, 5) is 36.5. The van der Waals surface area contributed by atoms with E-state index >= 15 is 0 Å². The smallest absolute Gasteiger partial charge is 0.311 e. The lowest BCUT2D eigenvalue weighted by atomic mass is 10.0. The number of nitro benzene ring substituents is 1. The number of nitrogens with zero attached hydrogens (tertiary/aromatic N) is 2. The van der Waals surface area contributed by atoms with Gasteiger partial charge in [-0.15, -0.1) is 0 Å². The number of rotatable bonds is 10. The molecule has 0 saturated heterocycles. The van der Waals surface area contributed by atoms with Crippen molar-refractivity contribution < 1.29 is 28.7 Å². The van der Waals surface area contributed by atoms with Gasteiger partial charge in [-0.2, -0.15) is 5.10 Å². The van der Waals surface area contributed by atoms with E-state index in [1.807, 2.05) is 30.3 Å². The van der Waals surface area contributed by atoms with Gasteiger partial charge in [-0.1, -0.05) is 44.2 Å². The van der Waals surface area contributed by atoms with Gasteiger partial charge < -0.3 is 19.5 Å². The minimum Gasteiger partial charge on any atom is -0.482 e. The molecule has 0 unspecified atom stereocenters. The van der Waals surface area contributed by atoms with Crippen LogP contribution in [0.15, 0.2) is 71.8 Å². The second-order valence-electron chi connectivity index (χ2n) is 8.76. The molecule has 0 spiro atoms. The van der Waals surface area contributed by atoms with Crippen LogP contribution in [0.5, 0.6) is 17.2 Å². The maximum atomic E-state index is 12.8. The molecule has 11 nitrogen and oxygen atoms in total. The van der Waals surface area contributed by atoms with Crippen molar-refractivity contribution in [3.05, 3.63) is 93.5 Å². The second kappa shape index (κ2) is 11.9. The number of amides is 2. The van der Waals surface area contributed by atoms with E-state index in [9.17, 15) is 19.7 Å². The summed E-state index contributed by atoms with van der Waals surface area (Å²) in [6.45, 7) is 3.83. The number of nitrogens with one attached hydrogen (secondary N) is 2. The van der Waals surface area contributed by atoms with Gasteiger partial charge in [0.15, 0.2) is 17.2 Å². The lowest BCUT2D eigenvalue weighted by Gasteiger charge is -2.20. The molecule has 1 heterocycles. The Morgan fingerprint density at radius 3 is 2.58 bits per heavy atom. The molecule has 2 amide bonds. The number of carbonyl (C=O) groups is 2. The average molecular weight is 519 g/mol. The Kier molecular flexibility index (Phi) is 8.17. The lowest BCUT2D eigenvalue weighted by molar-refractivity contribution is -0.385. The standard InChI is InChI=1S/C27H26N4O7/c1-17(2)25(29-26(32)20-9-11-23-24(13-20)38-16-37-23)27(33)30-28-14-19-8-10-22(21(12-19)31(34)35)36-15-18-6-4-3-5-7-18/h3-14,17,25H,15-16H2,1-2H3,(H,29,32)(H,30,33)/b28-14-/t25-/m1/s1. The first-order chi connectivity index (χ1) is 18.3. The quantitative estimate of drug-likeness (QED) is 0.236. The Labute approximate surface area is 218 Å². The number of hydrazone groups is 1. The molecule has 3 aromatic carbocycles. The van der Waals surface area contributed by atoms with Gasteiger partial charge in [-0.3, -0.25) is 19.7 Å². The van der Waals surface area contributed by atoms with Gasteiger partial charge >= 0.3 is 5.69 Å². The minimum atomic E-state index is -0.881. The van der Waals surface area contributed by atoms with Crippen molar-refractivity contribution in [2.75, 3.05) is 6.79 Å². The third kappa shape index (κ3) is 6.44. The Bertz CT molecular complexity index is 1360. The first kappa shape index (κ1) is 26.1. The van der Waals surface area contributed by atoms with Gasteiger partial charge in [0.05, 0.1) is 11.1 Å². The van der Waals surface area contributed by atoms with Gasteiger partial charge in [0.2, 0.25) is 6.79 Å². The number of hydrogen-bond acceptors (Lipinski definition) is 8. The molecule has 2 N–H and O–H groups in total. The normalized spacial score (nSPS) is 12.8.